The molecule has 3 rings (SSSR count). The van der Waals surface area contributed by atoms with Crippen molar-refractivity contribution in [1.29, 1.82) is 5.26 Å². The average molecular weight is 259 g/mol. The van der Waals surface area contributed by atoms with Crippen LogP contribution in [-0.2, 0) is 11.2 Å². The Kier molecular flexibility index (Phi) is 2.77. The molecule has 0 saturated carbocycles. The average Bonchev–Trinajstić information content (AvgIpc) is 2.79. The van der Waals surface area contributed by atoms with E-state index in [0.717, 1.165) is 11.3 Å². The topological polar surface area (TPSA) is 62.5 Å². The molecule has 4 heteroatoms. The van der Waals surface area contributed by atoms with Gasteiger partial charge in [0.2, 0.25) is 0 Å². The minimum absolute atomic E-state index is 0.213. The van der Waals surface area contributed by atoms with E-state index in [1.165, 1.54) is 0 Å². The molecule has 1 saturated heterocycles. The first-order valence-corrected chi connectivity index (χ1v) is 6.57. The van der Waals surface area contributed by atoms with Gasteiger partial charge in [0.25, 0.3) is 0 Å². The summed E-state index contributed by atoms with van der Waals surface area (Å²) >= 11 is 0. The first-order chi connectivity index (χ1) is 9.11. The predicted octanol–water partition coefficient (Wildman–Crippen LogP) is 1.67. The second kappa shape index (κ2) is 4.22. The Balaban J connectivity index is 2.01. The fraction of sp³-hybridized carbons (Fsp3) is 0.533. The lowest BCUT2D eigenvalue weighted by molar-refractivity contribution is -0.115. The Morgan fingerprint density at radius 2 is 2.21 bits per heavy atom. The van der Waals surface area contributed by atoms with Crippen LogP contribution in [0.4, 0.5) is 0 Å². The maximum Gasteiger partial charge on any atom is 0.126 e. The van der Waals surface area contributed by atoms with Crippen molar-refractivity contribution in [3.63, 3.8) is 0 Å². The van der Waals surface area contributed by atoms with Gasteiger partial charge in [0.05, 0.1) is 12.2 Å². The molecule has 0 spiro atoms. The van der Waals surface area contributed by atoms with Crippen molar-refractivity contribution in [2.75, 3.05) is 13.2 Å². The Hall–Kier alpha value is -1.57. The molecule has 3 unspecified atom stereocenters. The SMILES string of the molecule is CC1OCCC1(O)C1(C#N)COc2ccccc2C1. The van der Waals surface area contributed by atoms with Crippen LogP contribution in [-0.4, -0.2) is 30.0 Å². The van der Waals surface area contributed by atoms with Crippen LogP contribution in [0.3, 0.4) is 0 Å². The van der Waals surface area contributed by atoms with Crippen molar-refractivity contribution in [2.24, 2.45) is 5.41 Å². The second-order valence-corrected chi connectivity index (χ2v) is 5.45. The summed E-state index contributed by atoms with van der Waals surface area (Å²) < 4.78 is 11.2. The van der Waals surface area contributed by atoms with Gasteiger partial charge in [-0.2, -0.15) is 5.26 Å². The van der Waals surface area contributed by atoms with Crippen LogP contribution < -0.4 is 4.74 Å². The standard InChI is InChI=1S/C15H17NO3/c1-11-15(17,6-7-18-11)14(9-16)8-12-4-2-3-5-13(12)19-10-14/h2-5,11,17H,6-8,10H2,1H3. The normalized spacial score (nSPS) is 37.2. The van der Waals surface area contributed by atoms with Crippen molar-refractivity contribution >= 4 is 0 Å². The van der Waals surface area contributed by atoms with Crippen molar-refractivity contribution in [1.82, 2.24) is 0 Å². The maximum atomic E-state index is 10.9. The van der Waals surface area contributed by atoms with Gasteiger partial charge >= 0.3 is 0 Å². The summed E-state index contributed by atoms with van der Waals surface area (Å²) in [5, 5.41) is 20.6. The van der Waals surface area contributed by atoms with E-state index in [9.17, 15) is 10.4 Å². The molecule has 100 valence electrons. The van der Waals surface area contributed by atoms with Crippen LogP contribution in [0.25, 0.3) is 0 Å². The molecule has 4 nitrogen and oxygen atoms in total. The smallest absolute Gasteiger partial charge is 0.126 e. The molecule has 1 fully saturated rings. The molecule has 2 aliphatic heterocycles. The van der Waals surface area contributed by atoms with Gasteiger partial charge in [-0.25, -0.2) is 0 Å². The summed E-state index contributed by atoms with van der Waals surface area (Å²) in [4.78, 5) is 0. The lowest BCUT2D eigenvalue weighted by atomic mass is 9.65. The molecular weight excluding hydrogens is 242 g/mol. The molecule has 19 heavy (non-hydrogen) atoms. The Bertz CT molecular complexity index is 538. The van der Waals surface area contributed by atoms with Crippen LogP contribution in [0, 0.1) is 16.7 Å². The third-order valence-corrected chi connectivity index (χ3v) is 4.51. The van der Waals surface area contributed by atoms with Crippen molar-refractivity contribution in [3.8, 4) is 11.8 Å². The molecule has 1 N–H and O–H groups in total. The number of benzene rings is 1. The lowest BCUT2D eigenvalue weighted by Gasteiger charge is -2.44. The highest BCUT2D eigenvalue weighted by Gasteiger charge is 2.59. The molecule has 2 aliphatic rings. The number of rotatable bonds is 1. The van der Waals surface area contributed by atoms with Gasteiger partial charge in [0.1, 0.15) is 23.4 Å². The fourth-order valence-electron chi connectivity index (χ4n) is 3.18. The zero-order chi connectivity index (χ0) is 13.5. The molecule has 0 radical (unpaired) electrons. The highest BCUT2D eigenvalue weighted by Crippen LogP contribution is 2.47. The summed E-state index contributed by atoms with van der Waals surface area (Å²) in [5.74, 6) is 0.809. The zero-order valence-electron chi connectivity index (χ0n) is 10.9. The van der Waals surface area contributed by atoms with E-state index in [4.69, 9.17) is 9.47 Å². The van der Waals surface area contributed by atoms with Gasteiger partial charge in [-0.15, -0.1) is 0 Å². The summed E-state index contributed by atoms with van der Waals surface area (Å²) in [6, 6.07) is 10.00. The summed E-state index contributed by atoms with van der Waals surface area (Å²) in [7, 11) is 0. The first-order valence-electron chi connectivity index (χ1n) is 6.57. The molecule has 0 aliphatic carbocycles. The number of hydrogen-bond donors (Lipinski definition) is 1. The highest BCUT2D eigenvalue weighted by atomic mass is 16.5. The quantitative estimate of drug-likeness (QED) is 0.833. The molecule has 1 aromatic carbocycles. The fourth-order valence-corrected chi connectivity index (χ4v) is 3.18. The van der Waals surface area contributed by atoms with Crippen molar-refractivity contribution in [3.05, 3.63) is 29.8 Å². The van der Waals surface area contributed by atoms with Crippen molar-refractivity contribution < 1.29 is 14.6 Å². The number of nitriles is 1. The van der Waals surface area contributed by atoms with Crippen LogP contribution in [0.2, 0.25) is 0 Å². The predicted molar refractivity (Wildman–Crippen MR) is 68.7 cm³/mol. The molecule has 1 aromatic rings. The largest absolute Gasteiger partial charge is 0.492 e. The van der Waals surface area contributed by atoms with Crippen molar-refractivity contribution in [2.45, 2.75) is 31.5 Å². The van der Waals surface area contributed by atoms with E-state index >= 15 is 0 Å². The Morgan fingerprint density at radius 3 is 2.89 bits per heavy atom. The first kappa shape index (κ1) is 12.5. The Morgan fingerprint density at radius 1 is 1.42 bits per heavy atom. The number of aliphatic hydroxyl groups is 1. The second-order valence-electron chi connectivity index (χ2n) is 5.45. The van der Waals surface area contributed by atoms with Gasteiger partial charge < -0.3 is 14.6 Å². The number of fused-ring (bicyclic) bond motifs is 1. The van der Waals surface area contributed by atoms with Gasteiger partial charge in [-0.3, -0.25) is 0 Å². The minimum Gasteiger partial charge on any atom is -0.492 e. The van der Waals surface area contributed by atoms with Crippen LogP contribution >= 0.6 is 0 Å². The Labute approximate surface area is 112 Å². The number of hydrogen-bond acceptors (Lipinski definition) is 4. The minimum atomic E-state index is -1.14. The molecule has 0 aromatic heterocycles. The van der Waals surface area contributed by atoms with E-state index in [-0.39, 0.29) is 12.7 Å². The van der Waals surface area contributed by atoms with Gasteiger partial charge in [0, 0.05) is 19.4 Å². The summed E-state index contributed by atoms with van der Waals surface area (Å²) in [6.45, 7) is 2.53. The van der Waals surface area contributed by atoms with E-state index in [0.29, 0.717) is 19.4 Å². The molecular formula is C15H17NO3. The van der Waals surface area contributed by atoms with E-state index in [1.807, 2.05) is 31.2 Å². The van der Waals surface area contributed by atoms with E-state index < -0.39 is 11.0 Å². The zero-order valence-corrected chi connectivity index (χ0v) is 10.9. The maximum absolute atomic E-state index is 10.9. The van der Waals surface area contributed by atoms with Crippen LogP contribution in [0.5, 0.6) is 5.75 Å². The van der Waals surface area contributed by atoms with Gasteiger partial charge in [-0.1, -0.05) is 18.2 Å². The van der Waals surface area contributed by atoms with Gasteiger partial charge in [0.15, 0.2) is 0 Å². The molecule has 0 bridgehead atoms. The van der Waals surface area contributed by atoms with Crippen LogP contribution in [0.1, 0.15) is 18.9 Å². The third kappa shape index (κ3) is 1.66. The number of para-hydroxylation sites is 1. The summed E-state index contributed by atoms with van der Waals surface area (Å²) in [6.07, 6.45) is 0.637. The van der Waals surface area contributed by atoms with E-state index in [1.54, 1.807) is 0 Å². The molecule has 3 atom stereocenters. The third-order valence-electron chi connectivity index (χ3n) is 4.51. The monoisotopic (exact) mass is 259 g/mol. The number of ether oxygens (including phenoxy) is 2. The van der Waals surface area contributed by atoms with Gasteiger partial charge in [-0.05, 0) is 18.6 Å². The molecule has 2 heterocycles. The number of nitrogens with zero attached hydrogens (tertiary/aromatic N) is 1. The highest BCUT2D eigenvalue weighted by molar-refractivity contribution is 5.39. The van der Waals surface area contributed by atoms with E-state index in [2.05, 4.69) is 6.07 Å². The summed E-state index contributed by atoms with van der Waals surface area (Å²) in [5.41, 5.74) is -1.10. The molecule has 0 amide bonds. The van der Waals surface area contributed by atoms with Crippen LogP contribution in [0.15, 0.2) is 24.3 Å². The lowest BCUT2D eigenvalue weighted by Crippen LogP contribution is -2.57.